The molecule has 0 fully saturated rings. The van der Waals surface area contributed by atoms with E-state index in [2.05, 4.69) is 255 Å². The van der Waals surface area contributed by atoms with E-state index >= 15 is 0 Å². The maximum absolute atomic E-state index is 7.34. The molecular weight excluding hydrogens is 847 g/mol. The van der Waals surface area contributed by atoms with Gasteiger partial charge in [0.15, 0.2) is 0 Å². The highest BCUT2D eigenvalue weighted by Gasteiger charge is 2.51. The summed E-state index contributed by atoms with van der Waals surface area (Å²) in [4.78, 5) is 2.48. The normalized spacial score (nSPS) is 14.2. The van der Waals surface area contributed by atoms with Crippen molar-refractivity contribution in [2.24, 2.45) is 0 Å². The Kier molecular flexibility index (Phi) is 8.08. The number of rotatable bonds is 4. The largest absolute Gasteiger partial charge is 0.456 e. The van der Waals surface area contributed by atoms with Crippen molar-refractivity contribution in [3.8, 4) is 78.3 Å². The van der Waals surface area contributed by atoms with Crippen molar-refractivity contribution in [1.82, 2.24) is 0 Å². The molecule has 4 aliphatic rings. The van der Waals surface area contributed by atoms with Crippen LogP contribution in [0.2, 0.25) is 0 Å². The molecule has 328 valence electrons. The van der Waals surface area contributed by atoms with E-state index in [1.165, 1.54) is 88.8 Å². The standard InChI is InChI=1S/C68H45NO/c1-67(2)58-27-12-8-21-49(58)53-34-31-45(39-62(53)67)69(46-32-35-54-52-24-11-15-30-61(52)68(63(54)40-46)59-28-13-9-22-50(59)51-23-10-14-29-60(51)68)47-33-36-56-65(41-47)70-64-38-44-20-7-6-19-43(44)37-57(64)55-26-16-25-48(66(55)56)42-17-4-3-5-18-42/h3-41H,1-2H3. The Morgan fingerprint density at radius 1 is 0.300 bits per heavy atom. The summed E-state index contributed by atoms with van der Waals surface area (Å²) in [5.74, 6) is 1.67. The van der Waals surface area contributed by atoms with Gasteiger partial charge in [0.1, 0.15) is 11.5 Å². The van der Waals surface area contributed by atoms with Gasteiger partial charge in [-0.25, -0.2) is 0 Å². The van der Waals surface area contributed by atoms with Gasteiger partial charge in [-0.1, -0.05) is 196 Å². The zero-order chi connectivity index (χ0) is 46.3. The molecule has 11 aromatic carbocycles. The van der Waals surface area contributed by atoms with Gasteiger partial charge in [0.25, 0.3) is 0 Å². The summed E-state index contributed by atoms with van der Waals surface area (Å²) in [7, 11) is 0. The van der Waals surface area contributed by atoms with Crippen molar-refractivity contribution < 1.29 is 4.74 Å². The number of nitrogens with zero attached hydrogens (tertiary/aromatic N) is 1. The van der Waals surface area contributed by atoms with Crippen LogP contribution in [0.15, 0.2) is 237 Å². The zero-order valence-electron chi connectivity index (χ0n) is 38.9. The third kappa shape index (κ3) is 5.28. The molecule has 1 spiro atoms. The summed E-state index contributed by atoms with van der Waals surface area (Å²) in [5.41, 5.74) is 25.1. The second kappa shape index (κ2) is 14.4. The van der Waals surface area contributed by atoms with Crippen LogP contribution in [0.1, 0.15) is 47.2 Å². The first kappa shape index (κ1) is 39.3. The van der Waals surface area contributed by atoms with Crippen LogP contribution in [0.25, 0.3) is 77.5 Å². The molecule has 1 heterocycles. The quantitative estimate of drug-likeness (QED) is 0.175. The molecule has 0 N–H and O–H groups in total. The van der Waals surface area contributed by atoms with Gasteiger partial charge in [-0.3, -0.25) is 0 Å². The van der Waals surface area contributed by atoms with Gasteiger partial charge >= 0.3 is 0 Å². The molecule has 0 unspecified atom stereocenters. The van der Waals surface area contributed by atoms with Crippen LogP contribution in [0.4, 0.5) is 17.1 Å². The Balaban J connectivity index is 0.992. The first-order valence-corrected chi connectivity index (χ1v) is 24.5. The minimum absolute atomic E-state index is 0.185. The second-order valence-electron chi connectivity index (χ2n) is 19.9. The SMILES string of the molecule is CC1(C)c2ccccc2-c2ccc(N(c3ccc4c(c3)Oc3cc5ccccc5cc3-c3cccc(-c5ccccc5)c3-4)c3ccc4c(c3)C3(c5ccccc5-c5ccccc53)c3ccccc3-4)cc21. The zero-order valence-corrected chi connectivity index (χ0v) is 38.9. The van der Waals surface area contributed by atoms with Crippen LogP contribution in [0, 0.1) is 0 Å². The Hall–Kier alpha value is -8.72. The van der Waals surface area contributed by atoms with Crippen molar-refractivity contribution in [3.05, 3.63) is 270 Å². The number of hydrogen-bond acceptors (Lipinski definition) is 2. The van der Waals surface area contributed by atoms with Crippen molar-refractivity contribution >= 4 is 27.8 Å². The maximum atomic E-state index is 7.34. The van der Waals surface area contributed by atoms with Crippen LogP contribution in [-0.2, 0) is 10.8 Å². The molecule has 0 bridgehead atoms. The van der Waals surface area contributed by atoms with Crippen molar-refractivity contribution in [3.63, 3.8) is 0 Å². The Bertz CT molecular complexity index is 3960. The molecular formula is C68H45NO. The van der Waals surface area contributed by atoms with Crippen LogP contribution in [0.5, 0.6) is 11.5 Å². The minimum atomic E-state index is -0.483. The lowest BCUT2D eigenvalue weighted by Crippen LogP contribution is -2.26. The van der Waals surface area contributed by atoms with Crippen LogP contribution in [0.3, 0.4) is 0 Å². The van der Waals surface area contributed by atoms with Crippen molar-refractivity contribution in [2.75, 3.05) is 4.90 Å². The predicted octanol–water partition coefficient (Wildman–Crippen LogP) is 18.1. The van der Waals surface area contributed by atoms with Crippen LogP contribution >= 0.6 is 0 Å². The van der Waals surface area contributed by atoms with Gasteiger partial charge in [-0.2, -0.15) is 0 Å². The maximum Gasteiger partial charge on any atom is 0.137 e. The Morgan fingerprint density at radius 3 is 1.39 bits per heavy atom. The number of ether oxygens (including phenoxy) is 1. The van der Waals surface area contributed by atoms with E-state index in [4.69, 9.17) is 4.74 Å². The molecule has 70 heavy (non-hydrogen) atoms. The number of benzene rings is 11. The van der Waals surface area contributed by atoms with E-state index < -0.39 is 5.41 Å². The van der Waals surface area contributed by atoms with Gasteiger partial charge in [0, 0.05) is 45.2 Å². The van der Waals surface area contributed by atoms with Gasteiger partial charge in [0.2, 0.25) is 0 Å². The van der Waals surface area contributed by atoms with Crippen LogP contribution in [-0.4, -0.2) is 0 Å². The van der Waals surface area contributed by atoms with Gasteiger partial charge in [-0.15, -0.1) is 0 Å². The van der Waals surface area contributed by atoms with Gasteiger partial charge < -0.3 is 9.64 Å². The first-order chi connectivity index (χ1) is 34.5. The van der Waals surface area contributed by atoms with Gasteiger partial charge in [0.05, 0.1) is 5.41 Å². The monoisotopic (exact) mass is 891 g/mol. The lowest BCUT2D eigenvalue weighted by Gasteiger charge is -2.32. The summed E-state index contributed by atoms with van der Waals surface area (Å²) in [6.45, 7) is 4.74. The summed E-state index contributed by atoms with van der Waals surface area (Å²) in [5, 5.41) is 2.33. The Labute approximate surface area is 408 Å². The highest BCUT2D eigenvalue weighted by molar-refractivity contribution is 6.03. The molecule has 2 heteroatoms. The number of fused-ring (bicyclic) bond motifs is 19. The van der Waals surface area contributed by atoms with Crippen LogP contribution < -0.4 is 9.64 Å². The summed E-state index contributed by atoms with van der Waals surface area (Å²) in [6, 6.07) is 88.0. The molecule has 0 amide bonds. The van der Waals surface area contributed by atoms with E-state index in [1.807, 2.05) is 0 Å². The molecule has 0 saturated carbocycles. The van der Waals surface area contributed by atoms with Crippen molar-refractivity contribution in [2.45, 2.75) is 24.7 Å². The van der Waals surface area contributed by atoms with E-state index in [-0.39, 0.29) is 5.41 Å². The average Bonchev–Trinajstić information content (AvgIpc) is 3.92. The third-order valence-electron chi connectivity index (χ3n) is 16.1. The lowest BCUT2D eigenvalue weighted by atomic mass is 9.70. The molecule has 15 rings (SSSR count). The van der Waals surface area contributed by atoms with E-state index in [0.29, 0.717) is 0 Å². The average molecular weight is 892 g/mol. The molecule has 1 aliphatic heterocycles. The molecule has 0 radical (unpaired) electrons. The minimum Gasteiger partial charge on any atom is -0.456 e. The number of anilines is 3. The lowest BCUT2D eigenvalue weighted by molar-refractivity contribution is 0.488. The third-order valence-corrected chi connectivity index (χ3v) is 16.1. The smallest absolute Gasteiger partial charge is 0.137 e. The van der Waals surface area contributed by atoms with E-state index in [1.54, 1.807) is 0 Å². The first-order valence-electron chi connectivity index (χ1n) is 24.5. The summed E-state index contributed by atoms with van der Waals surface area (Å²) < 4.78 is 7.34. The highest BCUT2D eigenvalue weighted by atomic mass is 16.5. The molecule has 0 aromatic heterocycles. The fourth-order valence-electron chi connectivity index (χ4n) is 13.0. The van der Waals surface area contributed by atoms with Crippen molar-refractivity contribution in [1.29, 1.82) is 0 Å². The fourth-order valence-corrected chi connectivity index (χ4v) is 13.0. The fraction of sp³-hybridized carbons (Fsp3) is 0.0588. The van der Waals surface area contributed by atoms with E-state index in [0.717, 1.165) is 50.6 Å². The second-order valence-corrected chi connectivity index (χ2v) is 19.9. The predicted molar refractivity (Wildman–Crippen MR) is 289 cm³/mol. The summed E-state index contributed by atoms with van der Waals surface area (Å²) >= 11 is 0. The number of hydrogen-bond donors (Lipinski definition) is 0. The van der Waals surface area contributed by atoms with Gasteiger partial charge in [-0.05, 0) is 143 Å². The highest BCUT2D eigenvalue weighted by Crippen LogP contribution is 2.64. The molecule has 0 atom stereocenters. The molecule has 0 saturated heterocycles. The Morgan fingerprint density at radius 2 is 0.743 bits per heavy atom. The van der Waals surface area contributed by atoms with E-state index in [9.17, 15) is 0 Å². The topological polar surface area (TPSA) is 12.5 Å². The molecule has 3 aliphatic carbocycles. The molecule has 11 aromatic rings. The summed E-state index contributed by atoms with van der Waals surface area (Å²) in [6.07, 6.45) is 0. The molecule has 2 nitrogen and oxygen atoms in total.